The second-order valence-corrected chi connectivity index (χ2v) is 6.09. The zero-order valence-electron chi connectivity index (χ0n) is 11.8. The summed E-state index contributed by atoms with van der Waals surface area (Å²) in [4.78, 5) is 16.6. The molecule has 106 valence electrons. The van der Waals surface area contributed by atoms with Crippen LogP contribution in [0.4, 0.5) is 4.79 Å². The summed E-state index contributed by atoms with van der Waals surface area (Å²) >= 11 is 0. The first-order chi connectivity index (χ1) is 8.83. The molecule has 2 heterocycles. The van der Waals surface area contributed by atoms with Gasteiger partial charge in [0.15, 0.2) is 12.0 Å². The summed E-state index contributed by atoms with van der Waals surface area (Å²) in [6.07, 6.45) is 4.80. The summed E-state index contributed by atoms with van der Waals surface area (Å²) in [5.41, 5.74) is 5.22. The molecule has 3 N–H and O–H groups in total. The number of ether oxygens (including phenoxy) is 1. The summed E-state index contributed by atoms with van der Waals surface area (Å²) < 4.78 is 5.54. The van der Waals surface area contributed by atoms with Crippen LogP contribution in [0.15, 0.2) is 17.0 Å². The van der Waals surface area contributed by atoms with E-state index in [0.717, 1.165) is 25.9 Å². The van der Waals surface area contributed by atoms with Crippen LogP contribution in [0.1, 0.15) is 33.6 Å². The lowest BCUT2D eigenvalue weighted by Crippen LogP contribution is -2.58. The molecule has 1 amide bonds. The number of nitrogens with one attached hydrogen (secondary N) is 1. The lowest BCUT2D eigenvalue weighted by molar-refractivity contribution is -0.736. The third-order valence-electron chi connectivity index (χ3n) is 3.37. The molecule has 0 aromatic carbocycles. The molecule has 2 aliphatic rings. The third kappa shape index (κ3) is 2.96. The smallest absolute Gasteiger partial charge is 0.414 e. The van der Waals surface area contributed by atoms with Crippen LogP contribution in [0, 0.1) is 0 Å². The van der Waals surface area contributed by atoms with Crippen molar-refractivity contribution in [3.05, 3.63) is 12.0 Å². The SMILES string of the molecule is CC(C)(C)OC(=O)[N+]1(C2CCNCC2)C=NC(N)=C1. The number of carbonyl (C=O) groups excluding carboxylic acids is 1. The Morgan fingerprint density at radius 2 is 2.11 bits per heavy atom. The predicted octanol–water partition coefficient (Wildman–Crippen LogP) is 1.29. The molecular weight excluding hydrogens is 244 g/mol. The van der Waals surface area contributed by atoms with E-state index in [0.29, 0.717) is 5.82 Å². The van der Waals surface area contributed by atoms with Gasteiger partial charge in [0, 0.05) is 25.9 Å². The minimum absolute atomic E-state index is 0.00914. The largest absolute Gasteiger partial charge is 0.527 e. The number of aliphatic imine (C=N–C) groups is 1. The van der Waals surface area contributed by atoms with Crippen molar-refractivity contribution in [3.63, 3.8) is 0 Å². The molecular formula is C13H23N4O2+. The molecule has 6 heteroatoms. The number of hydrogen-bond donors (Lipinski definition) is 2. The van der Waals surface area contributed by atoms with Gasteiger partial charge in [-0.15, -0.1) is 4.48 Å². The fourth-order valence-electron chi connectivity index (χ4n) is 2.47. The Hall–Kier alpha value is -1.40. The van der Waals surface area contributed by atoms with Crippen molar-refractivity contribution in [1.82, 2.24) is 5.32 Å². The van der Waals surface area contributed by atoms with Crippen LogP contribution in [-0.2, 0) is 4.74 Å². The normalized spacial score (nSPS) is 28.3. The first-order valence-corrected chi connectivity index (χ1v) is 6.69. The van der Waals surface area contributed by atoms with Crippen LogP contribution in [-0.4, -0.2) is 41.6 Å². The van der Waals surface area contributed by atoms with Gasteiger partial charge < -0.3 is 15.8 Å². The monoisotopic (exact) mass is 267 g/mol. The number of carbonyl (C=O) groups is 1. The van der Waals surface area contributed by atoms with Gasteiger partial charge in [-0.2, -0.15) is 9.79 Å². The Balaban J connectivity index is 2.26. The molecule has 6 nitrogen and oxygen atoms in total. The van der Waals surface area contributed by atoms with E-state index in [4.69, 9.17) is 10.5 Å². The average molecular weight is 267 g/mol. The molecule has 19 heavy (non-hydrogen) atoms. The van der Waals surface area contributed by atoms with E-state index in [-0.39, 0.29) is 16.6 Å². The van der Waals surface area contributed by atoms with Crippen LogP contribution in [0.25, 0.3) is 0 Å². The summed E-state index contributed by atoms with van der Waals surface area (Å²) in [6, 6.07) is 0.140. The molecule has 1 fully saturated rings. The van der Waals surface area contributed by atoms with E-state index in [9.17, 15) is 4.79 Å². The first kappa shape index (κ1) is 14.0. The highest BCUT2D eigenvalue weighted by molar-refractivity contribution is 5.74. The number of piperidine rings is 1. The average Bonchev–Trinajstić information content (AvgIpc) is 2.72. The number of quaternary nitrogens is 1. The maximum absolute atomic E-state index is 12.6. The lowest BCUT2D eigenvalue weighted by Gasteiger charge is -2.36. The van der Waals surface area contributed by atoms with Gasteiger partial charge in [-0.25, -0.2) is 0 Å². The van der Waals surface area contributed by atoms with E-state index in [1.165, 1.54) is 0 Å². The van der Waals surface area contributed by atoms with E-state index in [1.807, 2.05) is 20.8 Å². The molecule has 0 aromatic heterocycles. The van der Waals surface area contributed by atoms with E-state index < -0.39 is 5.60 Å². The van der Waals surface area contributed by atoms with Crippen LogP contribution >= 0.6 is 0 Å². The Morgan fingerprint density at radius 1 is 1.47 bits per heavy atom. The standard InChI is InChI=1S/C13H23N4O2/c1-13(2,3)19-12(18)17(8-11(14)16-9-17)10-4-6-15-7-5-10/h8-10,15H,4-7,14H2,1-3H3/q+1. The van der Waals surface area contributed by atoms with Crippen molar-refractivity contribution >= 4 is 12.4 Å². The van der Waals surface area contributed by atoms with Crippen molar-refractivity contribution in [3.8, 4) is 0 Å². The molecule has 2 aliphatic heterocycles. The fourth-order valence-corrected chi connectivity index (χ4v) is 2.47. The molecule has 0 aromatic rings. The van der Waals surface area contributed by atoms with Gasteiger partial charge >= 0.3 is 6.09 Å². The van der Waals surface area contributed by atoms with Crippen LogP contribution in [0.2, 0.25) is 0 Å². The maximum atomic E-state index is 12.6. The minimum atomic E-state index is -0.520. The van der Waals surface area contributed by atoms with Gasteiger partial charge in [0.2, 0.25) is 6.34 Å². The highest BCUT2D eigenvalue weighted by atomic mass is 16.6. The lowest BCUT2D eigenvalue weighted by atomic mass is 10.0. The number of hydrogen-bond acceptors (Lipinski definition) is 5. The number of nitrogens with zero attached hydrogens (tertiary/aromatic N) is 2. The van der Waals surface area contributed by atoms with Crippen molar-refractivity contribution in [1.29, 1.82) is 0 Å². The van der Waals surface area contributed by atoms with Crippen molar-refractivity contribution in [2.75, 3.05) is 13.1 Å². The third-order valence-corrected chi connectivity index (χ3v) is 3.37. The second kappa shape index (κ2) is 4.94. The van der Waals surface area contributed by atoms with Gasteiger partial charge in [-0.05, 0) is 20.8 Å². The Morgan fingerprint density at radius 3 is 2.58 bits per heavy atom. The molecule has 2 rings (SSSR count). The zero-order chi connectivity index (χ0) is 14.1. The van der Waals surface area contributed by atoms with Crippen molar-refractivity contribution < 1.29 is 14.0 Å². The van der Waals surface area contributed by atoms with Crippen molar-refractivity contribution in [2.45, 2.75) is 45.3 Å². The van der Waals surface area contributed by atoms with Crippen LogP contribution in [0.5, 0.6) is 0 Å². The fraction of sp³-hybridized carbons (Fsp3) is 0.692. The first-order valence-electron chi connectivity index (χ1n) is 6.69. The van der Waals surface area contributed by atoms with Crippen molar-refractivity contribution in [2.24, 2.45) is 10.7 Å². The maximum Gasteiger partial charge on any atom is 0.527 e. The molecule has 0 radical (unpaired) electrons. The van der Waals surface area contributed by atoms with E-state index in [1.54, 1.807) is 12.5 Å². The van der Waals surface area contributed by atoms with E-state index >= 15 is 0 Å². The second-order valence-electron chi connectivity index (χ2n) is 6.09. The quantitative estimate of drug-likeness (QED) is 0.702. The van der Waals surface area contributed by atoms with Gasteiger partial charge in [0.05, 0.1) is 0 Å². The van der Waals surface area contributed by atoms with Gasteiger partial charge in [-0.3, -0.25) is 0 Å². The molecule has 1 atom stereocenters. The van der Waals surface area contributed by atoms with Crippen LogP contribution in [0.3, 0.4) is 0 Å². The summed E-state index contributed by atoms with van der Waals surface area (Å²) in [7, 11) is 0. The van der Waals surface area contributed by atoms with E-state index in [2.05, 4.69) is 10.3 Å². The highest BCUT2D eigenvalue weighted by Gasteiger charge is 2.48. The van der Waals surface area contributed by atoms with Crippen LogP contribution < -0.4 is 11.1 Å². The molecule has 0 aliphatic carbocycles. The zero-order valence-corrected chi connectivity index (χ0v) is 11.8. The molecule has 1 unspecified atom stereocenters. The molecule has 0 bridgehead atoms. The highest BCUT2D eigenvalue weighted by Crippen LogP contribution is 2.28. The Labute approximate surface area is 113 Å². The van der Waals surface area contributed by atoms with Gasteiger partial charge in [0.1, 0.15) is 11.6 Å². The molecule has 0 saturated carbocycles. The molecule has 1 saturated heterocycles. The predicted molar refractivity (Wildman–Crippen MR) is 73.1 cm³/mol. The number of rotatable bonds is 1. The van der Waals surface area contributed by atoms with Gasteiger partial charge in [-0.1, -0.05) is 0 Å². The molecule has 0 spiro atoms. The Bertz CT molecular complexity index is 419. The minimum Gasteiger partial charge on any atom is -0.414 e. The number of amides is 1. The summed E-state index contributed by atoms with van der Waals surface area (Å²) in [5.74, 6) is 0.379. The Kier molecular flexibility index (Phi) is 3.64. The number of nitrogens with two attached hydrogens (primary N) is 1. The van der Waals surface area contributed by atoms with Gasteiger partial charge in [0.25, 0.3) is 0 Å². The summed E-state index contributed by atoms with van der Waals surface area (Å²) in [6.45, 7) is 7.39. The summed E-state index contributed by atoms with van der Waals surface area (Å²) in [5, 5.41) is 3.30. The topological polar surface area (TPSA) is 76.7 Å².